The highest BCUT2D eigenvalue weighted by Crippen LogP contribution is 1.97. The number of rotatable bonds is 0. The molecule has 66 valence electrons. The van der Waals surface area contributed by atoms with Crippen LogP contribution in [0.1, 0.15) is 0 Å². The van der Waals surface area contributed by atoms with E-state index in [1.54, 1.807) is 0 Å². The Morgan fingerprint density at radius 1 is 1.46 bits per heavy atom. The number of fused-ring (bicyclic) bond motifs is 1. The smallest absolute Gasteiger partial charge is 0.281 e. The van der Waals surface area contributed by atoms with Crippen LogP contribution < -0.4 is 11.2 Å². The van der Waals surface area contributed by atoms with Crippen LogP contribution in [0.15, 0.2) is 22.1 Å². The fourth-order valence-electron chi connectivity index (χ4n) is 1.10. The van der Waals surface area contributed by atoms with Crippen molar-refractivity contribution in [3.63, 3.8) is 0 Å². The highest BCUT2D eigenvalue weighted by Gasteiger charge is 2.03. The second kappa shape index (κ2) is 2.51. The molecule has 0 saturated carbocycles. The van der Waals surface area contributed by atoms with Crippen LogP contribution in [-0.4, -0.2) is 19.5 Å². The topological polar surface area (TPSA) is 80.6 Å². The van der Waals surface area contributed by atoms with Gasteiger partial charge in [-0.2, -0.15) is 0 Å². The summed E-state index contributed by atoms with van der Waals surface area (Å²) < 4.78 is 1.26. The molecule has 2 aromatic heterocycles. The molecule has 6 nitrogen and oxygen atoms in total. The second-order valence-electron chi connectivity index (χ2n) is 2.58. The average Bonchev–Trinajstić information content (AvgIpc) is 2.15. The van der Waals surface area contributed by atoms with Gasteiger partial charge in [0, 0.05) is 13.2 Å². The van der Waals surface area contributed by atoms with Crippen molar-refractivity contribution in [2.24, 2.45) is 7.05 Å². The molecule has 0 saturated heterocycles. The third-order valence-electron chi connectivity index (χ3n) is 1.78. The van der Waals surface area contributed by atoms with Crippen molar-refractivity contribution in [3.8, 4) is 0 Å². The van der Waals surface area contributed by atoms with Gasteiger partial charge >= 0.3 is 5.69 Å². The van der Waals surface area contributed by atoms with Crippen molar-refractivity contribution in [2.45, 2.75) is 0 Å². The third-order valence-corrected chi connectivity index (χ3v) is 1.78. The van der Waals surface area contributed by atoms with E-state index in [0.717, 1.165) is 0 Å². The number of hydrogen-bond acceptors (Lipinski definition) is 4. The second-order valence-corrected chi connectivity index (χ2v) is 2.58. The van der Waals surface area contributed by atoms with Crippen molar-refractivity contribution in [1.82, 2.24) is 19.5 Å². The summed E-state index contributed by atoms with van der Waals surface area (Å²) in [7, 11) is 1.54. The highest BCUT2D eigenvalue weighted by molar-refractivity contribution is 5.71. The van der Waals surface area contributed by atoms with Crippen molar-refractivity contribution >= 4 is 11.0 Å². The normalized spacial score (nSPS) is 10.5. The molecule has 1 N–H and O–H groups in total. The SMILES string of the molecule is Cn1c(=O)[nH]c(=O)c2cncnc21. The Hall–Kier alpha value is -1.98. The minimum atomic E-state index is -0.476. The summed E-state index contributed by atoms with van der Waals surface area (Å²) >= 11 is 0. The van der Waals surface area contributed by atoms with E-state index < -0.39 is 11.2 Å². The van der Waals surface area contributed by atoms with Crippen molar-refractivity contribution in [3.05, 3.63) is 33.4 Å². The molecule has 0 bridgehead atoms. The van der Waals surface area contributed by atoms with Crippen molar-refractivity contribution in [2.75, 3.05) is 0 Å². The van der Waals surface area contributed by atoms with Gasteiger partial charge in [-0.05, 0) is 0 Å². The Kier molecular flexibility index (Phi) is 1.48. The summed E-state index contributed by atoms with van der Waals surface area (Å²) in [6.07, 6.45) is 2.67. The monoisotopic (exact) mass is 178 g/mol. The maximum absolute atomic E-state index is 11.2. The Morgan fingerprint density at radius 2 is 2.23 bits per heavy atom. The molecule has 0 amide bonds. The summed E-state index contributed by atoms with van der Waals surface area (Å²) in [5.41, 5.74) is -0.598. The first-order valence-electron chi connectivity index (χ1n) is 3.59. The molecular weight excluding hydrogens is 172 g/mol. The molecule has 0 aromatic carbocycles. The molecule has 2 rings (SSSR count). The molecule has 2 aromatic rings. The predicted molar refractivity (Wildman–Crippen MR) is 45.4 cm³/mol. The molecule has 2 heterocycles. The van der Waals surface area contributed by atoms with Gasteiger partial charge in [-0.3, -0.25) is 14.3 Å². The van der Waals surface area contributed by atoms with E-state index in [-0.39, 0.29) is 0 Å². The molecule has 0 aliphatic carbocycles. The fraction of sp³-hybridized carbons (Fsp3) is 0.143. The van der Waals surface area contributed by atoms with E-state index in [0.29, 0.717) is 11.0 Å². The third kappa shape index (κ3) is 1.03. The van der Waals surface area contributed by atoms with E-state index in [1.807, 2.05) is 0 Å². The Labute approximate surface area is 71.9 Å². The first-order chi connectivity index (χ1) is 6.20. The molecule has 0 aliphatic rings. The number of H-pyrrole nitrogens is 1. The molecule has 0 atom stereocenters. The molecular formula is C7H6N4O2. The van der Waals surface area contributed by atoms with Gasteiger partial charge in [0.1, 0.15) is 11.7 Å². The first kappa shape index (κ1) is 7.66. The van der Waals surface area contributed by atoms with Crippen molar-refractivity contribution in [1.29, 1.82) is 0 Å². The van der Waals surface area contributed by atoms with Crippen LogP contribution in [0.25, 0.3) is 11.0 Å². The maximum Gasteiger partial charge on any atom is 0.329 e. The van der Waals surface area contributed by atoms with Crippen molar-refractivity contribution < 1.29 is 0 Å². The van der Waals surface area contributed by atoms with Gasteiger partial charge in [-0.1, -0.05) is 0 Å². The van der Waals surface area contributed by atoms with Gasteiger partial charge in [-0.25, -0.2) is 14.8 Å². The lowest BCUT2D eigenvalue weighted by Crippen LogP contribution is -2.28. The predicted octanol–water partition coefficient (Wildman–Crippen LogP) is -0.983. The van der Waals surface area contributed by atoms with Gasteiger partial charge in [0.25, 0.3) is 5.56 Å². The van der Waals surface area contributed by atoms with E-state index >= 15 is 0 Å². The largest absolute Gasteiger partial charge is 0.329 e. The van der Waals surface area contributed by atoms with Crippen LogP contribution in [0.2, 0.25) is 0 Å². The number of hydrogen-bond donors (Lipinski definition) is 1. The maximum atomic E-state index is 11.2. The van der Waals surface area contributed by atoms with Crippen LogP contribution in [0, 0.1) is 0 Å². The quantitative estimate of drug-likeness (QED) is 0.562. The van der Waals surface area contributed by atoms with E-state index in [1.165, 1.54) is 24.1 Å². The Bertz CT molecular complexity index is 568. The zero-order valence-electron chi connectivity index (χ0n) is 6.81. The average molecular weight is 178 g/mol. The zero-order valence-corrected chi connectivity index (χ0v) is 6.81. The van der Waals surface area contributed by atoms with Gasteiger partial charge in [0.2, 0.25) is 0 Å². The number of aromatic nitrogens is 4. The summed E-state index contributed by atoms with van der Waals surface area (Å²) in [6.45, 7) is 0. The lowest BCUT2D eigenvalue weighted by Gasteiger charge is -1.99. The molecule has 13 heavy (non-hydrogen) atoms. The molecule has 0 fully saturated rings. The summed E-state index contributed by atoms with van der Waals surface area (Å²) in [5.74, 6) is 0. The van der Waals surface area contributed by atoms with Crippen LogP contribution in [0.5, 0.6) is 0 Å². The lowest BCUT2D eigenvalue weighted by atomic mass is 10.4. The van der Waals surface area contributed by atoms with Crippen LogP contribution in [0.4, 0.5) is 0 Å². The Balaban J connectivity index is 3.15. The van der Waals surface area contributed by atoms with Gasteiger partial charge in [0.05, 0.1) is 0 Å². The Morgan fingerprint density at radius 3 is 3.00 bits per heavy atom. The molecule has 0 spiro atoms. The number of aromatic amines is 1. The van der Waals surface area contributed by atoms with Crippen LogP contribution in [0.3, 0.4) is 0 Å². The highest BCUT2D eigenvalue weighted by atomic mass is 16.2. The fourth-order valence-corrected chi connectivity index (χ4v) is 1.10. The first-order valence-corrected chi connectivity index (χ1v) is 3.59. The lowest BCUT2D eigenvalue weighted by molar-refractivity contribution is 0.825. The summed E-state index contributed by atoms with van der Waals surface area (Å²) in [6, 6.07) is 0. The standard InChI is InChI=1S/C7H6N4O2/c1-11-5-4(2-8-3-9-5)6(12)10-7(11)13/h2-3H,1H3,(H,10,12,13). The minimum absolute atomic E-state index is 0.310. The number of nitrogens with one attached hydrogen (secondary N) is 1. The molecule has 0 radical (unpaired) electrons. The summed E-state index contributed by atoms with van der Waals surface area (Å²) in [5, 5.41) is 0.310. The molecule has 6 heteroatoms. The van der Waals surface area contributed by atoms with E-state index in [4.69, 9.17) is 0 Å². The summed E-state index contributed by atoms with van der Waals surface area (Å²) in [4.78, 5) is 32.0. The molecule has 0 unspecified atom stereocenters. The zero-order chi connectivity index (χ0) is 9.42. The van der Waals surface area contributed by atoms with E-state index in [2.05, 4.69) is 15.0 Å². The minimum Gasteiger partial charge on any atom is -0.281 e. The van der Waals surface area contributed by atoms with Gasteiger partial charge in [-0.15, -0.1) is 0 Å². The van der Waals surface area contributed by atoms with Gasteiger partial charge < -0.3 is 0 Å². The van der Waals surface area contributed by atoms with Crippen LogP contribution >= 0.6 is 0 Å². The number of aryl methyl sites for hydroxylation is 1. The van der Waals surface area contributed by atoms with Crippen LogP contribution in [-0.2, 0) is 7.05 Å². The number of nitrogens with zero attached hydrogens (tertiary/aromatic N) is 3. The molecule has 0 aliphatic heterocycles. The van der Waals surface area contributed by atoms with E-state index in [9.17, 15) is 9.59 Å². The van der Waals surface area contributed by atoms with Gasteiger partial charge in [0.15, 0.2) is 5.65 Å².